The largest absolute Gasteiger partial charge is 0.460 e. The van der Waals surface area contributed by atoms with Gasteiger partial charge in [0.15, 0.2) is 0 Å². The number of ether oxygens (including phenoxy) is 2. The molecule has 1 saturated heterocycles. The first kappa shape index (κ1) is 9.52. The van der Waals surface area contributed by atoms with Gasteiger partial charge in [-0.05, 0) is 19.3 Å². The Balaban J connectivity index is 2.49. The standard InChI is InChI=1S/C9H16O3/c1-6-4-8(7(2)11-3)12-9(10)5-6/h6-8H,4-5H2,1-3H3. The van der Waals surface area contributed by atoms with E-state index >= 15 is 0 Å². The zero-order valence-electron chi connectivity index (χ0n) is 7.87. The maximum absolute atomic E-state index is 11.0. The summed E-state index contributed by atoms with van der Waals surface area (Å²) >= 11 is 0. The highest BCUT2D eigenvalue weighted by Gasteiger charge is 2.29. The fraction of sp³-hybridized carbons (Fsp3) is 0.889. The molecule has 0 aromatic rings. The molecule has 1 heterocycles. The van der Waals surface area contributed by atoms with Gasteiger partial charge >= 0.3 is 5.97 Å². The van der Waals surface area contributed by atoms with Gasteiger partial charge in [-0.2, -0.15) is 0 Å². The molecule has 0 aromatic carbocycles. The fourth-order valence-electron chi connectivity index (χ4n) is 1.47. The van der Waals surface area contributed by atoms with E-state index in [0.717, 1.165) is 6.42 Å². The van der Waals surface area contributed by atoms with Crippen LogP contribution in [-0.4, -0.2) is 25.3 Å². The van der Waals surface area contributed by atoms with E-state index in [0.29, 0.717) is 12.3 Å². The van der Waals surface area contributed by atoms with E-state index in [2.05, 4.69) is 6.92 Å². The molecule has 3 atom stereocenters. The average molecular weight is 172 g/mol. The molecule has 0 saturated carbocycles. The third kappa shape index (κ3) is 2.21. The van der Waals surface area contributed by atoms with Crippen LogP contribution in [0.2, 0.25) is 0 Å². The summed E-state index contributed by atoms with van der Waals surface area (Å²) in [5, 5.41) is 0. The van der Waals surface area contributed by atoms with Crippen molar-refractivity contribution in [1.29, 1.82) is 0 Å². The van der Waals surface area contributed by atoms with Crippen LogP contribution >= 0.6 is 0 Å². The smallest absolute Gasteiger partial charge is 0.306 e. The van der Waals surface area contributed by atoms with Gasteiger partial charge in [-0.15, -0.1) is 0 Å². The van der Waals surface area contributed by atoms with Crippen LogP contribution in [0.1, 0.15) is 26.7 Å². The number of hydrogen-bond acceptors (Lipinski definition) is 3. The Hall–Kier alpha value is -0.570. The third-order valence-electron chi connectivity index (χ3n) is 2.33. The molecule has 0 bridgehead atoms. The zero-order chi connectivity index (χ0) is 9.14. The first-order chi connectivity index (χ1) is 5.63. The lowest BCUT2D eigenvalue weighted by Crippen LogP contribution is -2.36. The maximum Gasteiger partial charge on any atom is 0.306 e. The number of esters is 1. The fourth-order valence-corrected chi connectivity index (χ4v) is 1.47. The van der Waals surface area contributed by atoms with Crippen molar-refractivity contribution in [3.63, 3.8) is 0 Å². The highest BCUT2D eigenvalue weighted by molar-refractivity contribution is 5.70. The summed E-state index contributed by atoms with van der Waals surface area (Å²) in [6.45, 7) is 3.99. The molecular formula is C9H16O3. The van der Waals surface area contributed by atoms with Crippen molar-refractivity contribution in [2.75, 3.05) is 7.11 Å². The molecule has 0 amide bonds. The van der Waals surface area contributed by atoms with Crippen LogP contribution in [0.3, 0.4) is 0 Å². The first-order valence-corrected chi connectivity index (χ1v) is 4.35. The van der Waals surface area contributed by atoms with Crippen molar-refractivity contribution >= 4 is 5.97 Å². The maximum atomic E-state index is 11.0. The summed E-state index contributed by atoms with van der Waals surface area (Å²) in [4.78, 5) is 11.0. The Morgan fingerprint density at radius 3 is 2.83 bits per heavy atom. The molecule has 0 spiro atoms. The second kappa shape index (κ2) is 3.90. The molecule has 3 unspecified atom stereocenters. The Morgan fingerprint density at radius 2 is 2.33 bits per heavy atom. The van der Waals surface area contributed by atoms with Gasteiger partial charge in [0.1, 0.15) is 6.10 Å². The van der Waals surface area contributed by atoms with Crippen LogP contribution in [0.5, 0.6) is 0 Å². The van der Waals surface area contributed by atoms with Crippen molar-refractivity contribution in [2.24, 2.45) is 5.92 Å². The summed E-state index contributed by atoms with van der Waals surface area (Å²) in [6, 6.07) is 0. The second-order valence-corrected chi connectivity index (χ2v) is 3.51. The van der Waals surface area contributed by atoms with Crippen LogP contribution in [0.4, 0.5) is 0 Å². The van der Waals surface area contributed by atoms with E-state index in [-0.39, 0.29) is 18.2 Å². The average Bonchev–Trinajstić information content (AvgIpc) is 2.01. The molecule has 1 aliphatic heterocycles. The van der Waals surface area contributed by atoms with Gasteiger partial charge in [0.25, 0.3) is 0 Å². The monoisotopic (exact) mass is 172 g/mol. The van der Waals surface area contributed by atoms with E-state index in [4.69, 9.17) is 9.47 Å². The molecule has 3 nitrogen and oxygen atoms in total. The van der Waals surface area contributed by atoms with Gasteiger partial charge in [-0.1, -0.05) is 6.92 Å². The second-order valence-electron chi connectivity index (χ2n) is 3.51. The zero-order valence-corrected chi connectivity index (χ0v) is 7.87. The van der Waals surface area contributed by atoms with E-state index in [1.807, 2.05) is 6.92 Å². The van der Waals surface area contributed by atoms with Crippen LogP contribution < -0.4 is 0 Å². The number of hydrogen-bond donors (Lipinski definition) is 0. The van der Waals surface area contributed by atoms with Crippen molar-refractivity contribution in [1.82, 2.24) is 0 Å². The van der Waals surface area contributed by atoms with E-state index in [1.54, 1.807) is 7.11 Å². The number of carbonyl (C=O) groups excluding carboxylic acids is 1. The van der Waals surface area contributed by atoms with Crippen molar-refractivity contribution in [3.8, 4) is 0 Å². The molecule has 0 radical (unpaired) electrons. The molecule has 0 aliphatic carbocycles. The predicted molar refractivity (Wildman–Crippen MR) is 44.7 cm³/mol. The minimum Gasteiger partial charge on any atom is -0.460 e. The molecular weight excluding hydrogens is 156 g/mol. The number of methoxy groups -OCH3 is 1. The molecule has 3 heteroatoms. The third-order valence-corrected chi connectivity index (χ3v) is 2.33. The minimum absolute atomic E-state index is 0.0108. The molecule has 0 aromatic heterocycles. The first-order valence-electron chi connectivity index (χ1n) is 4.35. The summed E-state index contributed by atoms with van der Waals surface area (Å²) in [6.07, 6.45) is 1.43. The number of cyclic esters (lactones) is 1. The summed E-state index contributed by atoms with van der Waals surface area (Å²) in [5.74, 6) is 0.330. The van der Waals surface area contributed by atoms with Crippen LogP contribution in [0.25, 0.3) is 0 Å². The molecule has 1 fully saturated rings. The quantitative estimate of drug-likeness (QED) is 0.590. The number of carbonyl (C=O) groups is 1. The van der Waals surface area contributed by atoms with Gasteiger partial charge in [0.2, 0.25) is 0 Å². The Kier molecular flexibility index (Phi) is 3.09. The van der Waals surface area contributed by atoms with Crippen LogP contribution in [-0.2, 0) is 14.3 Å². The molecule has 70 valence electrons. The summed E-state index contributed by atoms with van der Waals surface area (Å²) in [7, 11) is 1.64. The van der Waals surface area contributed by atoms with E-state index < -0.39 is 0 Å². The minimum atomic E-state index is -0.0948. The lowest BCUT2D eigenvalue weighted by molar-refractivity contribution is -0.164. The molecule has 1 aliphatic rings. The highest BCUT2D eigenvalue weighted by atomic mass is 16.6. The van der Waals surface area contributed by atoms with Crippen molar-refractivity contribution < 1.29 is 14.3 Å². The predicted octanol–water partition coefficient (Wildman–Crippen LogP) is 1.36. The van der Waals surface area contributed by atoms with Gasteiger partial charge in [-0.25, -0.2) is 0 Å². The Morgan fingerprint density at radius 1 is 1.67 bits per heavy atom. The van der Waals surface area contributed by atoms with E-state index in [1.165, 1.54) is 0 Å². The van der Waals surface area contributed by atoms with Gasteiger partial charge < -0.3 is 9.47 Å². The summed E-state index contributed by atoms with van der Waals surface area (Å²) < 4.78 is 10.3. The normalized spacial score (nSPS) is 32.8. The van der Waals surface area contributed by atoms with Crippen LogP contribution in [0.15, 0.2) is 0 Å². The Labute approximate surface area is 73.0 Å². The SMILES string of the molecule is COC(C)C1CC(C)CC(=O)O1. The van der Waals surface area contributed by atoms with Crippen LogP contribution in [0, 0.1) is 5.92 Å². The van der Waals surface area contributed by atoms with Crippen molar-refractivity contribution in [3.05, 3.63) is 0 Å². The van der Waals surface area contributed by atoms with Gasteiger partial charge in [0, 0.05) is 13.5 Å². The molecule has 1 rings (SSSR count). The number of rotatable bonds is 2. The topological polar surface area (TPSA) is 35.5 Å². The Bertz CT molecular complexity index is 167. The summed E-state index contributed by atoms with van der Waals surface area (Å²) in [5.41, 5.74) is 0. The van der Waals surface area contributed by atoms with Gasteiger partial charge in [-0.3, -0.25) is 4.79 Å². The van der Waals surface area contributed by atoms with Crippen molar-refractivity contribution in [2.45, 2.75) is 38.9 Å². The molecule has 0 N–H and O–H groups in total. The highest BCUT2D eigenvalue weighted by Crippen LogP contribution is 2.23. The molecule has 12 heavy (non-hydrogen) atoms. The lowest BCUT2D eigenvalue weighted by atomic mass is 9.95. The lowest BCUT2D eigenvalue weighted by Gasteiger charge is -2.30. The van der Waals surface area contributed by atoms with Gasteiger partial charge in [0.05, 0.1) is 6.10 Å². The van der Waals surface area contributed by atoms with E-state index in [9.17, 15) is 4.79 Å².